The fourth-order valence-corrected chi connectivity index (χ4v) is 5.63. The van der Waals surface area contributed by atoms with E-state index in [4.69, 9.17) is 4.98 Å². The lowest BCUT2D eigenvalue weighted by Crippen LogP contribution is -2.41. The van der Waals surface area contributed by atoms with Gasteiger partial charge in [0.25, 0.3) is 0 Å². The molecule has 2 aliphatic rings. The summed E-state index contributed by atoms with van der Waals surface area (Å²) in [6.45, 7) is 0.665. The number of carboxylic acids is 1. The monoisotopic (exact) mass is 348 g/mol. The highest BCUT2D eigenvalue weighted by molar-refractivity contribution is 7.14. The predicted octanol–water partition coefficient (Wildman–Crippen LogP) is 4.09. The highest BCUT2D eigenvalue weighted by Crippen LogP contribution is 2.40. The summed E-state index contributed by atoms with van der Waals surface area (Å²) in [5, 5.41) is 16.9. The number of aliphatic carboxylic acids is 1. The molecule has 2 aromatic rings. The van der Waals surface area contributed by atoms with Crippen LogP contribution in [0, 0.1) is 5.92 Å². The van der Waals surface area contributed by atoms with Gasteiger partial charge in [-0.05, 0) is 36.6 Å². The fourth-order valence-electron chi connectivity index (χ4n) is 4.11. The third-order valence-corrected chi connectivity index (χ3v) is 6.79. The number of hydrogen-bond acceptors (Lipinski definition) is 5. The van der Waals surface area contributed by atoms with Crippen LogP contribution in [0.5, 0.6) is 0 Å². The standard InChI is InChI=1S/C17H20N2O2S2/c20-17(21)15-7-11-3-1-2-4-14(11)19(15)8-13-10-23-16(18-13)12-5-6-22-9-12/h5-6,9-11,14-15H,1-4,7-8H2,(H,20,21)/t11-,14-,15+/m1/s1. The average molecular weight is 348 g/mol. The minimum atomic E-state index is -0.673. The molecule has 0 spiro atoms. The minimum Gasteiger partial charge on any atom is -0.480 e. The molecule has 1 saturated carbocycles. The van der Waals surface area contributed by atoms with E-state index >= 15 is 0 Å². The first-order valence-corrected chi connectivity index (χ1v) is 10.00. The van der Waals surface area contributed by atoms with Gasteiger partial charge in [0.2, 0.25) is 0 Å². The Kier molecular flexibility index (Phi) is 4.22. The van der Waals surface area contributed by atoms with E-state index in [0.717, 1.165) is 29.1 Å². The second-order valence-electron chi connectivity index (χ2n) is 6.53. The number of hydrogen-bond donors (Lipinski definition) is 1. The van der Waals surface area contributed by atoms with Crippen molar-refractivity contribution >= 4 is 28.6 Å². The van der Waals surface area contributed by atoms with Gasteiger partial charge in [-0.15, -0.1) is 11.3 Å². The lowest BCUT2D eigenvalue weighted by Gasteiger charge is -2.32. The molecule has 0 aromatic carbocycles. The fraction of sp³-hybridized carbons (Fsp3) is 0.529. The molecule has 2 fully saturated rings. The number of thiophene rings is 1. The summed E-state index contributed by atoms with van der Waals surface area (Å²) in [7, 11) is 0. The second kappa shape index (κ2) is 6.34. The van der Waals surface area contributed by atoms with Crippen LogP contribution in [-0.2, 0) is 11.3 Å². The van der Waals surface area contributed by atoms with Gasteiger partial charge >= 0.3 is 5.97 Å². The van der Waals surface area contributed by atoms with Crippen LogP contribution < -0.4 is 0 Å². The molecule has 1 aliphatic carbocycles. The van der Waals surface area contributed by atoms with Crippen molar-refractivity contribution in [1.29, 1.82) is 0 Å². The first-order chi connectivity index (χ1) is 11.2. The molecule has 1 N–H and O–H groups in total. The zero-order chi connectivity index (χ0) is 15.8. The van der Waals surface area contributed by atoms with Crippen molar-refractivity contribution in [2.45, 2.75) is 50.7 Å². The third-order valence-electron chi connectivity index (χ3n) is 5.17. The first-order valence-electron chi connectivity index (χ1n) is 8.18. The van der Waals surface area contributed by atoms with Crippen LogP contribution in [0.3, 0.4) is 0 Å². The predicted molar refractivity (Wildman–Crippen MR) is 92.8 cm³/mol. The van der Waals surface area contributed by atoms with Crippen LogP contribution >= 0.6 is 22.7 Å². The molecule has 1 aliphatic heterocycles. The molecular weight excluding hydrogens is 328 g/mol. The minimum absolute atomic E-state index is 0.339. The van der Waals surface area contributed by atoms with Crippen LogP contribution in [0.2, 0.25) is 0 Å². The van der Waals surface area contributed by atoms with Crippen LogP contribution in [-0.4, -0.2) is 33.0 Å². The van der Waals surface area contributed by atoms with Crippen molar-refractivity contribution in [1.82, 2.24) is 9.88 Å². The summed E-state index contributed by atoms with van der Waals surface area (Å²) in [5.74, 6) is -0.118. The van der Waals surface area contributed by atoms with Gasteiger partial charge in [0.15, 0.2) is 0 Å². The van der Waals surface area contributed by atoms with Crippen molar-refractivity contribution < 1.29 is 9.90 Å². The van der Waals surface area contributed by atoms with Gasteiger partial charge in [0, 0.05) is 28.9 Å². The number of carboxylic acid groups (broad SMARTS) is 1. The van der Waals surface area contributed by atoms with Gasteiger partial charge in [-0.1, -0.05) is 12.8 Å². The van der Waals surface area contributed by atoms with E-state index < -0.39 is 5.97 Å². The normalized spacial score (nSPS) is 27.9. The van der Waals surface area contributed by atoms with E-state index in [0.29, 0.717) is 18.5 Å². The summed E-state index contributed by atoms with van der Waals surface area (Å²) in [5.41, 5.74) is 2.17. The van der Waals surface area contributed by atoms with Crippen molar-refractivity contribution in [2.24, 2.45) is 5.92 Å². The van der Waals surface area contributed by atoms with Gasteiger partial charge in [0.1, 0.15) is 11.0 Å². The Bertz CT molecular complexity index is 683. The van der Waals surface area contributed by atoms with Crippen LogP contribution in [0.1, 0.15) is 37.8 Å². The van der Waals surface area contributed by atoms with E-state index in [1.807, 2.05) is 0 Å². The maximum absolute atomic E-state index is 11.7. The highest BCUT2D eigenvalue weighted by atomic mass is 32.1. The third kappa shape index (κ3) is 2.95. The topological polar surface area (TPSA) is 53.4 Å². The average Bonchev–Trinajstić information content (AvgIpc) is 3.26. The van der Waals surface area contributed by atoms with Crippen LogP contribution in [0.25, 0.3) is 10.6 Å². The summed E-state index contributed by atoms with van der Waals surface area (Å²) >= 11 is 3.33. The number of rotatable bonds is 4. The first kappa shape index (κ1) is 15.3. The molecule has 2 aromatic heterocycles. The molecule has 1 saturated heterocycles. The zero-order valence-corrected chi connectivity index (χ0v) is 14.5. The molecule has 4 nitrogen and oxygen atoms in total. The lowest BCUT2D eigenvalue weighted by molar-refractivity contribution is -0.142. The Morgan fingerprint density at radius 1 is 1.35 bits per heavy atom. The van der Waals surface area contributed by atoms with Crippen molar-refractivity contribution in [3.05, 3.63) is 27.9 Å². The van der Waals surface area contributed by atoms with E-state index in [9.17, 15) is 9.90 Å². The largest absolute Gasteiger partial charge is 0.480 e. The van der Waals surface area contributed by atoms with Crippen LogP contribution in [0.15, 0.2) is 22.2 Å². The van der Waals surface area contributed by atoms with Gasteiger partial charge in [-0.25, -0.2) is 4.98 Å². The summed E-state index contributed by atoms with van der Waals surface area (Å²) in [4.78, 5) is 18.6. The number of nitrogens with zero attached hydrogens (tertiary/aromatic N) is 2. The van der Waals surface area contributed by atoms with Gasteiger partial charge in [-0.2, -0.15) is 11.3 Å². The Morgan fingerprint density at radius 2 is 2.22 bits per heavy atom. The Hall–Kier alpha value is -1.24. The van der Waals surface area contributed by atoms with E-state index in [-0.39, 0.29) is 6.04 Å². The van der Waals surface area contributed by atoms with Gasteiger partial charge < -0.3 is 5.11 Å². The molecule has 4 rings (SSSR count). The van der Waals surface area contributed by atoms with Gasteiger partial charge in [0.05, 0.1) is 5.69 Å². The SMILES string of the molecule is O=C(O)[C@@H]1C[C@H]2CCCC[C@H]2N1Cc1csc(-c2ccsc2)n1. The molecule has 0 unspecified atom stereocenters. The maximum Gasteiger partial charge on any atom is 0.320 e. The number of fused-ring (bicyclic) bond motifs is 1. The van der Waals surface area contributed by atoms with Crippen molar-refractivity contribution in [3.8, 4) is 10.6 Å². The van der Waals surface area contributed by atoms with Crippen molar-refractivity contribution in [2.75, 3.05) is 0 Å². The van der Waals surface area contributed by atoms with E-state index in [1.165, 1.54) is 19.3 Å². The quantitative estimate of drug-likeness (QED) is 0.904. The molecule has 6 heteroatoms. The summed E-state index contributed by atoms with van der Waals surface area (Å²) in [6, 6.07) is 2.17. The summed E-state index contributed by atoms with van der Waals surface area (Å²) < 4.78 is 0. The molecule has 0 radical (unpaired) electrons. The number of likely N-dealkylation sites (tertiary alicyclic amines) is 1. The lowest BCUT2D eigenvalue weighted by atomic mass is 9.85. The Morgan fingerprint density at radius 3 is 3.00 bits per heavy atom. The molecular formula is C17H20N2O2S2. The highest BCUT2D eigenvalue weighted by Gasteiger charge is 2.45. The zero-order valence-electron chi connectivity index (χ0n) is 12.9. The Labute approximate surface area is 143 Å². The van der Waals surface area contributed by atoms with Gasteiger partial charge in [-0.3, -0.25) is 9.69 Å². The maximum atomic E-state index is 11.7. The second-order valence-corrected chi connectivity index (χ2v) is 8.17. The molecule has 23 heavy (non-hydrogen) atoms. The van der Waals surface area contributed by atoms with E-state index in [1.54, 1.807) is 22.7 Å². The Balaban J connectivity index is 1.55. The van der Waals surface area contributed by atoms with Crippen LogP contribution in [0.4, 0.5) is 0 Å². The number of thiazole rings is 1. The van der Waals surface area contributed by atoms with E-state index in [2.05, 4.69) is 27.1 Å². The molecule has 3 heterocycles. The number of aromatic nitrogens is 1. The molecule has 3 atom stereocenters. The molecule has 122 valence electrons. The molecule has 0 bridgehead atoms. The van der Waals surface area contributed by atoms with Crippen molar-refractivity contribution in [3.63, 3.8) is 0 Å². The molecule has 0 amide bonds. The number of carbonyl (C=O) groups is 1. The smallest absolute Gasteiger partial charge is 0.320 e. The summed E-state index contributed by atoms with van der Waals surface area (Å²) in [6.07, 6.45) is 5.60.